The van der Waals surface area contributed by atoms with Crippen LogP contribution < -0.4 is 9.80 Å². The number of furan rings is 1. The molecule has 3 aromatic rings. The quantitative estimate of drug-likeness (QED) is 0.636. The molecule has 0 fully saturated rings. The van der Waals surface area contributed by atoms with Gasteiger partial charge in [-0.05, 0) is 60.4 Å². The summed E-state index contributed by atoms with van der Waals surface area (Å²) in [5, 5.41) is 1.16. The molecule has 0 spiro atoms. The van der Waals surface area contributed by atoms with Crippen LogP contribution in [-0.4, -0.2) is 27.2 Å². The van der Waals surface area contributed by atoms with E-state index in [1.165, 1.54) is 22.5 Å². The molecule has 0 unspecified atom stereocenters. The standard InChI is InChI=1S/C22H24N2O/c1-23(20-8-7-17-5-3-6-18(17)15-20)12-4-13-24(2)21-9-10-22-19(16-21)11-14-25-22/h3,5,7-11,14-16H,4,6,12-13H2,1-2H3. The van der Waals surface area contributed by atoms with E-state index >= 15 is 0 Å². The molecule has 3 heteroatoms. The number of nitrogens with zero attached hydrogens (tertiary/aromatic N) is 2. The zero-order valence-electron chi connectivity index (χ0n) is 14.9. The molecule has 0 bridgehead atoms. The minimum Gasteiger partial charge on any atom is -0.464 e. The highest BCUT2D eigenvalue weighted by atomic mass is 16.3. The third-order valence-corrected chi connectivity index (χ3v) is 5.07. The molecule has 3 nitrogen and oxygen atoms in total. The van der Waals surface area contributed by atoms with Gasteiger partial charge in [0.15, 0.2) is 0 Å². The summed E-state index contributed by atoms with van der Waals surface area (Å²) in [7, 11) is 4.34. The van der Waals surface area contributed by atoms with E-state index in [0.29, 0.717) is 0 Å². The Hall–Kier alpha value is -2.68. The van der Waals surface area contributed by atoms with E-state index in [2.05, 4.69) is 66.4 Å². The number of rotatable bonds is 6. The lowest BCUT2D eigenvalue weighted by Crippen LogP contribution is -2.25. The van der Waals surface area contributed by atoms with Gasteiger partial charge < -0.3 is 14.2 Å². The molecule has 0 amide bonds. The third-order valence-electron chi connectivity index (χ3n) is 5.07. The molecule has 0 aliphatic heterocycles. The first-order valence-electron chi connectivity index (χ1n) is 8.90. The summed E-state index contributed by atoms with van der Waals surface area (Å²) in [4.78, 5) is 4.67. The Kier molecular flexibility index (Phi) is 4.22. The molecule has 0 atom stereocenters. The Morgan fingerprint density at radius 2 is 1.68 bits per heavy atom. The van der Waals surface area contributed by atoms with E-state index in [1.54, 1.807) is 6.26 Å². The molecule has 1 aromatic heterocycles. The van der Waals surface area contributed by atoms with Crippen molar-refractivity contribution in [3.05, 3.63) is 65.9 Å². The van der Waals surface area contributed by atoms with E-state index in [4.69, 9.17) is 4.42 Å². The fourth-order valence-corrected chi connectivity index (χ4v) is 3.48. The summed E-state index contributed by atoms with van der Waals surface area (Å²) >= 11 is 0. The van der Waals surface area contributed by atoms with Gasteiger partial charge in [0.25, 0.3) is 0 Å². The largest absolute Gasteiger partial charge is 0.464 e. The fourth-order valence-electron chi connectivity index (χ4n) is 3.48. The Bertz CT molecular complexity index is 909. The van der Waals surface area contributed by atoms with Crippen LogP contribution in [0.25, 0.3) is 17.0 Å². The van der Waals surface area contributed by atoms with Crippen LogP contribution in [-0.2, 0) is 6.42 Å². The average Bonchev–Trinajstić information content (AvgIpc) is 3.28. The van der Waals surface area contributed by atoms with E-state index < -0.39 is 0 Å². The first kappa shape index (κ1) is 15.8. The van der Waals surface area contributed by atoms with Crippen molar-refractivity contribution in [2.45, 2.75) is 12.8 Å². The molecule has 4 rings (SSSR count). The van der Waals surface area contributed by atoms with Gasteiger partial charge in [-0.3, -0.25) is 0 Å². The van der Waals surface area contributed by atoms with Crippen molar-refractivity contribution in [1.29, 1.82) is 0 Å². The van der Waals surface area contributed by atoms with Gasteiger partial charge in [-0.2, -0.15) is 0 Å². The lowest BCUT2D eigenvalue weighted by Gasteiger charge is -2.23. The van der Waals surface area contributed by atoms with Gasteiger partial charge in [0.05, 0.1) is 6.26 Å². The van der Waals surface area contributed by atoms with Crippen molar-refractivity contribution < 1.29 is 4.42 Å². The van der Waals surface area contributed by atoms with Gasteiger partial charge in [0.2, 0.25) is 0 Å². The van der Waals surface area contributed by atoms with Crippen LogP contribution in [0.5, 0.6) is 0 Å². The number of allylic oxidation sites excluding steroid dienone is 1. The van der Waals surface area contributed by atoms with Gasteiger partial charge in [-0.15, -0.1) is 0 Å². The number of fused-ring (bicyclic) bond motifs is 2. The molecule has 1 heterocycles. The predicted octanol–water partition coefficient (Wildman–Crippen LogP) is 4.96. The van der Waals surface area contributed by atoms with Crippen molar-refractivity contribution in [3.8, 4) is 0 Å². The maximum atomic E-state index is 5.42. The third kappa shape index (κ3) is 3.27. The Morgan fingerprint density at radius 1 is 0.920 bits per heavy atom. The molecule has 0 saturated carbocycles. The summed E-state index contributed by atoms with van der Waals surface area (Å²) in [5.74, 6) is 0. The lowest BCUT2D eigenvalue weighted by atomic mass is 10.1. The monoisotopic (exact) mass is 332 g/mol. The van der Waals surface area contributed by atoms with Crippen molar-refractivity contribution in [2.75, 3.05) is 37.0 Å². The van der Waals surface area contributed by atoms with Crippen LogP contribution in [0, 0.1) is 0 Å². The second-order valence-corrected chi connectivity index (χ2v) is 6.83. The van der Waals surface area contributed by atoms with Crippen LogP contribution >= 0.6 is 0 Å². The van der Waals surface area contributed by atoms with Gasteiger partial charge in [-0.1, -0.05) is 18.2 Å². The van der Waals surface area contributed by atoms with Crippen molar-refractivity contribution in [3.63, 3.8) is 0 Å². The number of hydrogen-bond donors (Lipinski definition) is 0. The summed E-state index contributed by atoms with van der Waals surface area (Å²) < 4.78 is 5.42. The minimum atomic E-state index is 0.947. The SMILES string of the molecule is CN(CCCN(C)c1ccc2occc2c1)c1ccc2c(c1)CC=C2. The van der Waals surface area contributed by atoms with E-state index in [1.807, 2.05) is 12.1 Å². The molecule has 1 aliphatic carbocycles. The van der Waals surface area contributed by atoms with Gasteiger partial charge in [0, 0.05) is 43.9 Å². The zero-order chi connectivity index (χ0) is 17.2. The second-order valence-electron chi connectivity index (χ2n) is 6.83. The number of benzene rings is 2. The van der Waals surface area contributed by atoms with Crippen LogP contribution in [0.1, 0.15) is 17.5 Å². The minimum absolute atomic E-state index is 0.947. The predicted molar refractivity (Wildman–Crippen MR) is 107 cm³/mol. The Labute approximate surface area is 149 Å². The molecular weight excluding hydrogens is 308 g/mol. The molecule has 0 radical (unpaired) electrons. The zero-order valence-corrected chi connectivity index (χ0v) is 14.9. The van der Waals surface area contributed by atoms with E-state index in [-0.39, 0.29) is 0 Å². The van der Waals surface area contributed by atoms with E-state index in [0.717, 1.165) is 36.9 Å². The fraction of sp³-hybridized carbons (Fsp3) is 0.273. The van der Waals surface area contributed by atoms with Gasteiger partial charge >= 0.3 is 0 Å². The number of anilines is 2. The summed E-state index contributed by atoms with van der Waals surface area (Å²) in [5.41, 5.74) is 6.30. The first-order chi connectivity index (χ1) is 12.2. The molecule has 128 valence electrons. The van der Waals surface area contributed by atoms with Crippen molar-refractivity contribution >= 4 is 28.4 Å². The van der Waals surface area contributed by atoms with E-state index in [9.17, 15) is 0 Å². The van der Waals surface area contributed by atoms with Gasteiger partial charge in [0.1, 0.15) is 5.58 Å². The highest BCUT2D eigenvalue weighted by Crippen LogP contribution is 2.25. The lowest BCUT2D eigenvalue weighted by molar-refractivity contribution is 0.616. The first-order valence-corrected chi connectivity index (χ1v) is 8.90. The smallest absolute Gasteiger partial charge is 0.133 e. The van der Waals surface area contributed by atoms with Crippen molar-refractivity contribution in [2.24, 2.45) is 0 Å². The molecule has 25 heavy (non-hydrogen) atoms. The average molecular weight is 332 g/mol. The van der Waals surface area contributed by atoms with Crippen LogP contribution in [0.3, 0.4) is 0 Å². The Balaban J connectivity index is 1.33. The van der Waals surface area contributed by atoms with Gasteiger partial charge in [-0.25, -0.2) is 0 Å². The molecular formula is C22H24N2O. The summed E-state index contributed by atoms with van der Waals surface area (Å²) in [6.07, 6.45) is 8.38. The van der Waals surface area contributed by atoms with Crippen molar-refractivity contribution in [1.82, 2.24) is 0 Å². The number of hydrogen-bond acceptors (Lipinski definition) is 3. The van der Waals surface area contributed by atoms with Crippen LogP contribution in [0.4, 0.5) is 11.4 Å². The highest BCUT2D eigenvalue weighted by molar-refractivity contribution is 5.81. The second kappa shape index (κ2) is 6.67. The Morgan fingerprint density at radius 3 is 2.52 bits per heavy atom. The normalized spacial score (nSPS) is 12.6. The highest BCUT2D eigenvalue weighted by Gasteiger charge is 2.09. The maximum Gasteiger partial charge on any atom is 0.133 e. The molecule has 0 saturated heterocycles. The molecule has 2 aromatic carbocycles. The van der Waals surface area contributed by atoms with Crippen LogP contribution in [0.15, 0.2) is 59.2 Å². The summed E-state index contributed by atoms with van der Waals surface area (Å²) in [6.45, 7) is 2.07. The summed E-state index contributed by atoms with van der Waals surface area (Å²) in [6, 6.07) is 15.2. The topological polar surface area (TPSA) is 19.6 Å². The van der Waals surface area contributed by atoms with Crippen LogP contribution in [0.2, 0.25) is 0 Å². The molecule has 0 N–H and O–H groups in total. The molecule has 1 aliphatic rings. The maximum absolute atomic E-state index is 5.42.